The Balaban J connectivity index is 2.05. The summed E-state index contributed by atoms with van der Waals surface area (Å²) >= 11 is 0. The molecule has 0 saturated carbocycles. The molecule has 27 heavy (non-hydrogen) atoms. The van der Waals surface area contributed by atoms with Crippen LogP contribution in [-0.2, 0) is 27.6 Å². The summed E-state index contributed by atoms with van der Waals surface area (Å²) in [5.74, 6) is -0.497. The number of fused-ring (bicyclic) bond motifs is 3. The Morgan fingerprint density at radius 3 is 2.41 bits per heavy atom. The molecule has 0 fully saturated rings. The van der Waals surface area contributed by atoms with Gasteiger partial charge in [0.25, 0.3) is 0 Å². The molecule has 10 heteroatoms. The maximum atomic E-state index is 12.9. The number of rotatable bonds is 8. The first-order chi connectivity index (χ1) is 13.0. The molecule has 2 N–H and O–H groups in total. The molecule has 0 radical (unpaired) electrons. The van der Waals surface area contributed by atoms with Crippen LogP contribution in [-0.4, -0.2) is 43.4 Å². The standard InChI is InChI=1S/C17H23N2O7P/c1-5-24-27(21,25-6-2)26-16-13-10(7-8-18-13)11-9-12(17(20)23-4)19-14(11)15(16)22-3/h7-9,15-16,18-19H,5-6H2,1-4H3/t15-,16-/m1/s1. The molecule has 0 spiro atoms. The number of hydrogen-bond donors (Lipinski definition) is 2. The van der Waals surface area contributed by atoms with Crippen LogP contribution in [0.15, 0.2) is 18.3 Å². The number of aromatic amines is 2. The summed E-state index contributed by atoms with van der Waals surface area (Å²) in [6.07, 6.45) is 0.277. The number of carbonyl (C=O) groups excluding carboxylic acids is 1. The first kappa shape index (κ1) is 19.9. The second kappa shape index (κ2) is 8.00. The second-order valence-corrected chi connectivity index (χ2v) is 7.39. The van der Waals surface area contributed by atoms with E-state index in [9.17, 15) is 9.36 Å². The van der Waals surface area contributed by atoms with Crippen molar-refractivity contribution in [3.05, 3.63) is 35.4 Å². The highest BCUT2D eigenvalue weighted by molar-refractivity contribution is 7.48. The van der Waals surface area contributed by atoms with Crippen LogP contribution in [0.3, 0.4) is 0 Å². The molecule has 0 bridgehead atoms. The summed E-state index contributed by atoms with van der Waals surface area (Å²) in [6, 6.07) is 3.54. The third kappa shape index (κ3) is 3.61. The molecule has 0 aliphatic heterocycles. The van der Waals surface area contributed by atoms with Crippen molar-refractivity contribution in [1.82, 2.24) is 9.97 Å². The van der Waals surface area contributed by atoms with Crippen molar-refractivity contribution in [1.29, 1.82) is 0 Å². The summed E-state index contributed by atoms with van der Waals surface area (Å²) in [7, 11) is -0.992. The van der Waals surface area contributed by atoms with Gasteiger partial charge in [-0.1, -0.05) is 0 Å². The lowest BCUT2D eigenvalue weighted by Gasteiger charge is -2.32. The number of esters is 1. The van der Waals surface area contributed by atoms with Gasteiger partial charge < -0.3 is 19.4 Å². The van der Waals surface area contributed by atoms with Crippen molar-refractivity contribution in [3.8, 4) is 11.1 Å². The molecule has 9 nitrogen and oxygen atoms in total. The largest absolute Gasteiger partial charge is 0.475 e. The Morgan fingerprint density at radius 2 is 1.81 bits per heavy atom. The fraction of sp³-hybridized carbons (Fsp3) is 0.471. The van der Waals surface area contributed by atoms with Gasteiger partial charge in [0, 0.05) is 24.4 Å². The quantitative estimate of drug-likeness (QED) is 0.515. The van der Waals surface area contributed by atoms with Crippen molar-refractivity contribution >= 4 is 13.8 Å². The van der Waals surface area contributed by atoms with Crippen LogP contribution in [0.4, 0.5) is 0 Å². The van der Waals surface area contributed by atoms with E-state index in [-0.39, 0.29) is 18.9 Å². The molecule has 1 aliphatic carbocycles. The zero-order chi connectivity index (χ0) is 19.6. The third-order valence-corrected chi connectivity index (χ3v) is 5.87. The molecule has 3 rings (SSSR count). The summed E-state index contributed by atoms with van der Waals surface area (Å²) in [4.78, 5) is 18.1. The van der Waals surface area contributed by atoms with Crippen LogP contribution in [0.25, 0.3) is 11.1 Å². The monoisotopic (exact) mass is 398 g/mol. The van der Waals surface area contributed by atoms with Gasteiger partial charge in [0.05, 0.1) is 31.7 Å². The molecule has 2 aromatic heterocycles. The lowest BCUT2D eigenvalue weighted by Crippen LogP contribution is -2.22. The van der Waals surface area contributed by atoms with Crippen molar-refractivity contribution in [2.75, 3.05) is 27.4 Å². The van der Waals surface area contributed by atoms with Crippen LogP contribution in [0.2, 0.25) is 0 Å². The van der Waals surface area contributed by atoms with Crippen molar-refractivity contribution in [3.63, 3.8) is 0 Å². The molecule has 148 valence electrons. The highest BCUT2D eigenvalue weighted by atomic mass is 31.2. The third-order valence-electron chi connectivity index (χ3n) is 4.24. The van der Waals surface area contributed by atoms with Gasteiger partial charge in [-0.15, -0.1) is 0 Å². The maximum absolute atomic E-state index is 12.9. The van der Waals surface area contributed by atoms with E-state index in [2.05, 4.69) is 9.97 Å². The van der Waals surface area contributed by atoms with Crippen LogP contribution in [0, 0.1) is 0 Å². The lowest BCUT2D eigenvalue weighted by molar-refractivity contribution is -0.0282. The zero-order valence-electron chi connectivity index (χ0n) is 15.6. The van der Waals surface area contributed by atoms with Gasteiger partial charge in [-0.25, -0.2) is 9.36 Å². The lowest BCUT2D eigenvalue weighted by atomic mass is 9.91. The number of ether oxygens (including phenoxy) is 2. The Hall–Kier alpha value is -1.90. The topological polar surface area (TPSA) is 112 Å². The van der Waals surface area contributed by atoms with Crippen LogP contribution < -0.4 is 0 Å². The normalized spacial score (nSPS) is 18.8. The van der Waals surface area contributed by atoms with Gasteiger partial charge in [0.15, 0.2) is 0 Å². The number of H-pyrrole nitrogens is 2. The van der Waals surface area contributed by atoms with Gasteiger partial charge in [-0.05, 0) is 26.0 Å². The molecular formula is C17H23N2O7P. The molecule has 2 aromatic rings. The van der Waals surface area contributed by atoms with E-state index in [1.807, 2.05) is 6.07 Å². The molecule has 0 unspecified atom stereocenters. The fourth-order valence-electron chi connectivity index (χ4n) is 3.20. The van der Waals surface area contributed by atoms with Gasteiger partial charge in [-0.3, -0.25) is 13.6 Å². The highest BCUT2D eigenvalue weighted by Crippen LogP contribution is 2.58. The summed E-state index contributed by atoms with van der Waals surface area (Å²) in [5, 5.41) is 0. The molecule has 1 aliphatic rings. The molecule has 0 amide bonds. The van der Waals surface area contributed by atoms with Crippen LogP contribution >= 0.6 is 7.82 Å². The highest BCUT2D eigenvalue weighted by Gasteiger charge is 2.43. The van der Waals surface area contributed by atoms with E-state index < -0.39 is 26.0 Å². The number of hydrogen-bond acceptors (Lipinski definition) is 7. The van der Waals surface area contributed by atoms with Crippen molar-refractivity contribution < 1.29 is 32.4 Å². The average Bonchev–Trinajstić information content (AvgIpc) is 3.28. The van der Waals surface area contributed by atoms with Crippen LogP contribution in [0.1, 0.15) is 47.9 Å². The summed E-state index contributed by atoms with van der Waals surface area (Å²) in [5.41, 5.74) is 3.14. The summed E-state index contributed by atoms with van der Waals surface area (Å²) < 4.78 is 39.7. The Kier molecular flexibility index (Phi) is 5.88. The second-order valence-electron chi connectivity index (χ2n) is 5.77. The predicted octanol–water partition coefficient (Wildman–Crippen LogP) is 3.74. The zero-order valence-corrected chi connectivity index (χ0v) is 16.5. The van der Waals surface area contributed by atoms with E-state index in [1.165, 1.54) is 14.2 Å². The Bertz CT molecular complexity index is 849. The minimum absolute atomic E-state index is 0.166. The summed E-state index contributed by atoms with van der Waals surface area (Å²) in [6.45, 7) is 3.74. The number of methoxy groups -OCH3 is 2. The predicted molar refractivity (Wildman–Crippen MR) is 96.4 cm³/mol. The van der Waals surface area contributed by atoms with E-state index in [0.29, 0.717) is 11.4 Å². The first-order valence-electron chi connectivity index (χ1n) is 8.57. The average molecular weight is 398 g/mol. The fourth-order valence-corrected chi connectivity index (χ4v) is 4.52. The minimum Gasteiger partial charge on any atom is -0.464 e. The Labute approximate surface area is 156 Å². The molecular weight excluding hydrogens is 375 g/mol. The van der Waals surface area contributed by atoms with E-state index in [4.69, 9.17) is 23.0 Å². The number of phosphoric acid groups is 1. The van der Waals surface area contributed by atoms with E-state index in [1.54, 1.807) is 26.1 Å². The van der Waals surface area contributed by atoms with Crippen LogP contribution in [0.5, 0.6) is 0 Å². The number of nitrogens with one attached hydrogen (secondary N) is 2. The molecule has 2 atom stereocenters. The number of phosphoric ester groups is 1. The van der Waals surface area contributed by atoms with Gasteiger partial charge in [0.2, 0.25) is 0 Å². The SMILES string of the molecule is CCOP(=O)(OCC)O[C@@H]1c2[nH]ccc2-c2cc(C(=O)OC)[nH]c2[C@H]1OC. The van der Waals surface area contributed by atoms with Crippen molar-refractivity contribution in [2.24, 2.45) is 0 Å². The van der Waals surface area contributed by atoms with E-state index in [0.717, 1.165) is 11.1 Å². The number of carbonyl (C=O) groups is 1. The van der Waals surface area contributed by atoms with Gasteiger partial charge >= 0.3 is 13.8 Å². The van der Waals surface area contributed by atoms with E-state index >= 15 is 0 Å². The Morgan fingerprint density at radius 1 is 1.11 bits per heavy atom. The molecule has 0 aromatic carbocycles. The minimum atomic E-state index is -3.81. The van der Waals surface area contributed by atoms with Crippen molar-refractivity contribution in [2.45, 2.75) is 26.1 Å². The van der Waals surface area contributed by atoms with Gasteiger partial charge in [0.1, 0.15) is 17.9 Å². The smallest absolute Gasteiger partial charge is 0.464 e. The number of aromatic nitrogens is 2. The molecule has 2 heterocycles. The first-order valence-corrected chi connectivity index (χ1v) is 10.0. The maximum Gasteiger partial charge on any atom is 0.475 e. The molecule has 0 saturated heterocycles. The van der Waals surface area contributed by atoms with Gasteiger partial charge in [-0.2, -0.15) is 0 Å².